The molecule has 7 heteroatoms. The first-order valence-corrected chi connectivity index (χ1v) is 10.1. The van der Waals surface area contributed by atoms with E-state index in [4.69, 9.17) is 0 Å². The van der Waals surface area contributed by atoms with Crippen molar-refractivity contribution in [1.29, 1.82) is 0 Å². The summed E-state index contributed by atoms with van der Waals surface area (Å²) in [7, 11) is 3.53. The molecule has 0 radical (unpaired) electrons. The third kappa shape index (κ3) is 5.84. The van der Waals surface area contributed by atoms with Crippen LogP contribution in [0.25, 0.3) is 0 Å². The number of likely N-dealkylation sites (N-methyl/N-ethyl adjacent to an activating group) is 1. The minimum absolute atomic E-state index is 0.0151. The topological polar surface area (TPSA) is 72.9 Å². The average molecular weight is 373 g/mol. The van der Waals surface area contributed by atoms with E-state index in [1.807, 2.05) is 24.4 Å². The molecule has 1 saturated heterocycles. The first-order valence-electron chi connectivity index (χ1n) is 10.1. The van der Waals surface area contributed by atoms with Crippen LogP contribution < -0.4 is 15.5 Å². The maximum atomic E-state index is 12.0. The van der Waals surface area contributed by atoms with Gasteiger partial charge in [0.05, 0.1) is 0 Å². The van der Waals surface area contributed by atoms with Gasteiger partial charge in [0, 0.05) is 45.5 Å². The Bertz CT molecular complexity index is 627. The van der Waals surface area contributed by atoms with E-state index in [-0.39, 0.29) is 12.5 Å². The number of carbonyl (C=O) groups excluding carboxylic acids is 1. The number of pyridine rings is 1. The summed E-state index contributed by atoms with van der Waals surface area (Å²) in [4.78, 5) is 24.9. The lowest BCUT2D eigenvalue weighted by molar-refractivity contribution is -0.127. The van der Waals surface area contributed by atoms with Gasteiger partial charge in [0.25, 0.3) is 0 Å². The highest BCUT2D eigenvalue weighted by Gasteiger charge is 2.25. The Kier molecular flexibility index (Phi) is 6.90. The number of nitrogens with one attached hydrogen (secondary N) is 2. The van der Waals surface area contributed by atoms with Gasteiger partial charge in [0.1, 0.15) is 12.4 Å². The second kappa shape index (κ2) is 9.58. The summed E-state index contributed by atoms with van der Waals surface area (Å²) < 4.78 is 0. The molecule has 1 unspecified atom stereocenters. The highest BCUT2D eigenvalue weighted by molar-refractivity contribution is 5.85. The molecule has 2 aliphatic rings. The van der Waals surface area contributed by atoms with Crippen LogP contribution in [-0.4, -0.2) is 67.6 Å². The van der Waals surface area contributed by atoms with Crippen molar-refractivity contribution in [1.82, 2.24) is 20.5 Å². The van der Waals surface area contributed by atoms with E-state index in [0.717, 1.165) is 31.3 Å². The summed E-state index contributed by atoms with van der Waals surface area (Å²) in [5.41, 5.74) is 0. The minimum atomic E-state index is 0.0151. The Morgan fingerprint density at radius 3 is 2.67 bits per heavy atom. The fourth-order valence-corrected chi connectivity index (χ4v) is 3.68. The number of aromatic nitrogens is 1. The van der Waals surface area contributed by atoms with E-state index in [0.29, 0.717) is 12.1 Å². The summed E-state index contributed by atoms with van der Waals surface area (Å²) in [6, 6.07) is 6.76. The molecule has 1 aromatic heterocycles. The molecule has 2 heterocycles. The molecule has 1 aliphatic carbocycles. The molecule has 27 heavy (non-hydrogen) atoms. The van der Waals surface area contributed by atoms with Gasteiger partial charge in [-0.15, -0.1) is 0 Å². The largest absolute Gasteiger partial charge is 0.354 e. The molecule has 1 amide bonds. The lowest BCUT2D eigenvalue weighted by Gasteiger charge is -2.27. The van der Waals surface area contributed by atoms with Gasteiger partial charge in [-0.3, -0.25) is 4.79 Å². The zero-order valence-electron chi connectivity index (χ0n) is 16.5. The van der Waals surface area contributed by atoms with E-state index in [1.54, 1.807) is 19.0 Å². The van der Waals surface area contributed by atoms with Crippen molar-refractivity contribution in [3.8, 4) is 0 Å². The number of hydrogen-bond donors (Lipinski definition) is 2. The van der Waals surface area contributed by atoms with Gasteiger partial charge in [-0.05, 0) is 31.4 Å². The van der Waals surface area contributed by atoms with Gasteiger partial charge >= 0.3 is 0 Å². The van der Waals surface area contributed by atoms with Crippen molar-refractivity contribution < 1.29 is 4.79 Å². The van der Waals surface area contributed by atoms with Crippen LogP contribution in [0.5, 0.6) is 0 Å². The number of guanidine groups is 1. The molecule has 148 valence electrons. The van der Waals surface area contributed by atoms with E-state index in [9.17, 15) is 4.79 Å². The van der Waals surface area contributed by atoms with Gasteiger partial charge < -0.3 is 20.4 Å². The molecule has 0 spiro atoms. The fourth-order valence-electron chi connectivity index (χ4n) is 3.68. The molecule has 1 aromatic rings. The Morgan fingerprint density at radius 2 is 1.96 bits per heavy atom. The van der Waals surface area contributed by atoms with Crippen LogP contribution in [0.15, 0.2) is 29.4 Å². The van der Waals surface area contributed by atoms with Crippen LogP contribution in [0, 0.1) is 0 Å². The van der Waals surface area contributed by atoms with E-state index in [1.165, 1.54) is 32.1 Å². The predicted molar refractivity (Wildman–Crippen MR) is 109 cm³/mol. The Labute approximate surface area is 162 Å². The molecule has 1 atom stereocenters. The van der Waals surface area contributed by atoms with Crippen LogP contribution >= 0.6 is 0 Å². The third-order valence-electron chi connectivity index (χ3n) is 5.32. The highest BCUT2D eigenvalue weighted by Crippen LogP contribution is 2.19. The number of anilines is 1. The molecule has 1 saturated carbocycles. The first-order chi connectivity index (χ1) is 13.1. The van der Waals surface area contributed by atoms with Crippen molar-refractivity contribution >= 4 is 17.7 Å². The van der Waals surface area contributed by atoms with Gasteiger partial charge in [-0.2, -0.15) is 0 Å². The van der Waals surface area contributed by atoms with Gasteiger partial charge in [-0.1, -0.05) is 25.3 Å². The van der Waals surface area contributed by atoms with Crippen LogP contribution in [0.1, 0.15) is 38.5 Å². The maximum Gasteiger partial charge on any atom is 0.243 e. The third-order valence-corrected chi connectivity index (χ3v) is 5.32. The number of aliphatic imine (C=N–C) groups is 1. The zero-order valence-corrected chi connectivity index (χ0v) is 16.5. The second-order valence-corrected chi connectivity index (χ2v) is 7.70. The smallest absolute Gasteiger partial charge is 0.243 e. The number of amides is 1. The molecule has 0 aromatic carbocycles. The van der Waals surface area contributed by atoms with Gasteiger partial charge in [-0.25, -0.2) is 9.98 Å². The predicted octanol–water partition coefficient (Wildman–Crippen LogP) is 1.62. The molecule has 3 rings (SSSR count). The zero-order chi connectivity index (χ0) is 19.1. The molecule has 1 aliphatic heterocycles. The fraction of sp³-hybridized carbons (Fsp3) is 0.650. The number of rotatable bonds is 5. The summed E-state index contributed by atoms with van der Waals surface area (Å²) in [5, 5.41) is 7.12. The summed E-state index contributed by atoms with van der Waals surface area (Å²) in [6.45, 7) is 2.04. The van der Waals surface area contributed by atoms with Crippen LogP contribution in [0.4, 0.5) is 5.82 Å². The lowest BCUT2D eigenvalue weighted by atomic mass is 9.96. The Hall–Kier alpha value is -2.31. The van der Waals surface area contributed by atoms with E-state index in [2.05, 4.69) is 25.5 Å². The Morgan fingerprint density at radius 1 is 1.19 bits per heavy atom. The summed E-state index contributed by atoms with van der Waals surface area (Å²) in [6.07, 6.45) is 9.06. The van der Waals surface area contributed by atoms with E-state index < -0.39 is 0 Å². The highest BCUT2D eigenvalue weighted by atomic mass is 16.2. The first kappa shape index (κ1) is 19.5. The Balaban J connectivity index is 1.60. The van der Waals surface area contributed by atoms with E-state index >= 15 is 0 Å². The molecule has 2 N–H and O–H groups in total. The van der Waals surface area contributed by atoms with Crippen molar-refractivity contribution in [2.24, 2.45) is 4.99 Å². The molecule has 2 fully saturated rings. The van der Waals surface area contributed by atoms with Crippen molar-refractivity contribution in [2.75, 3.05) is 38.6 Å². The molecular weight excluding hydrogens is 340 g/mol. The molecule has 0 bridgehead atoms. The van der Waals surface area contributed by atoms with Gasteiger partial charge in [0.15, 0.2) is 5.96 Å². The van der Waals surface area contributed by atoms with Crippen LogP contribution in [-0.2, 0) is 4.79 Å². The normalized spacial score (nSPS) is 21.2. The van der Waals surface area contributed by atoms with Crippen LogP contribution in [0.2, 0.25) is 0 Å². The maximum absolute atomic E-state index is 12.0. The van der Waals surface area contributed by atoms with Crippen molar-refractivity contribution in [3.63, 3.8) is 0 Å². The number of nitrogens with zero attached hydrogens (tertiary/aromatic N) is 4. The van der Waals surface area contributed by atoms with Crippen LogP contribution in [0.3, 0.4) is 0 Å². The quantitative estimate of drug-likeness (QED) is 0.607. The minimum Gasteiger partial charge on any atom is -0.354 e. The van der Waals surface area contributed by atoms with Crippen molar-refractivity contribution in [3.05, 3.63) is 24.4 Å². The summed E-state index contributed by atoms with van der Waals surface area (Å²) >= 11 is 0. The van der Waals surface area contributed by atoms with Crippen molar-refractivity contribution in [2.45, 2.75) is 50.6 Å². The standard InChI is InChI=1S/C20H32N6O/c1-25(2)19(27)14-22-20(23-16-8-4-3-5-9-16)24-17-11-13-26(15-17)18-10-6-7-12-21-18/h6-7,10,12,16-17H,3-5,8-9,11,13-15H2,1-2H3,(H2,22,23,24). The summed E-state index contributed by atoms with van der Waals surface area (Å²) in [5.74, 6) is 1.80. The van der Waals surface area contributed by atoms with Gasteiger partial charge in [0.2, 0.25) is 5.91 Å². The monoisotopic (exact) mass is 372 g/mol. The second-order valence-electron chi connectivity index (χ2n) is 7.70. The lowest BCUT2D eigenvalue weighted by Crippen LogP contribution is -2.49. The molecular formula is C20H32N6O. The number of hydrogen-bond acceptors (Lipinski definition) is 4. The SMILES string of the molecule is CN(C)C(=O)CN=C(NC1CCCCC1)NC1CCN(c2ccccn2)C1. The average Bonchev–Trinajstić information content (AvgIpc) is 3.16. The number of carbonyl (C=O) groups is 1. The molecule has 7 nitrogen and oxygen atoms in total.